The van der Waals surface area contributed by atoms with Crippen LogP contribution in [0.15, 0.2) is 18.2 Å². The Kier molecular flexibility index (Phi) is 2.24. The van der Waals surface area contributed by atoms with Crippen LogP contribution < -0.4 is 4.90 Å². The van der Waals surface area contributed by atoms with Crippen molar-refractivity contribution in [2.45, 2.75) is 25.3 Å². The molecule has 3 rings (SSSR count). The van der Waals surface area contributed by atoms with E-state index in [-0.39, 0.29) is 12.0 Å². The van der Waals surface area contributed by atoms with Crippen LogP contribution in [-0.2, 0) is 11.2 Å². The van der Waals surface area contributed by atoms with E-state index in [0.29, 0.717) is 12.2 Å². The lowest BCUT2D eigenvalue weighted by molar-refractivity contribution is -0.143. The SMILES string of the molecule is O=C(O)C1CCCN2c3cccc(O)c3CC12. The second-order valence-electron chi connectivity index (χ2n) is 4.83. The minimum atomic E-state index is -0.716. The fourth-order valence-corrected chi connectivity index (χ4v) is 3.15. The van der Waals surface area contributed by atoms with E-state index >= 15 is 0 Å². The molecule has 0 spiro atoms. The predicted molar refractivity (Wildman–Crippen MR) is 63.3 cm³/mol. The number of fused-ring (bicyclic) bond motifs is 3. The van der Waals surface area contributed by atoms with Crippen molar-refractivity contribution in [1.82, 2.24) is 0 Å². The fraction of sp³-hybridized carbons (Fsp3) is 0.462. The van der Waals surface area contributed by atoms with Gasteiger partial charge in [0.25, 0.3) is 0 Å². The van der Waals surface area contributed by atoms with Gasteiger partial charge >= 0.3 is 5.97 Å². The number of anilines is 1. The molecule has 1 aromatic rings. The van der Waals surface area contributed by atoms with Gasteiger partial charge in [0, 0.05) is 23.8 Å². The number of piperidine rings is 1. The number of carboxylic acid groups (broad SMARTS) is 1. The van der Waals surface area contributed by atoms with Gasteiger partial charge in [-0.05, 0) is 31.4 Å². The van der Waals surface area contributed by atoms with Crippen LogP contribution in [0.3, 0.4) is 0 Å². The largest absolute Gasteiger partial charge is 0.508 e. The molecule has 4 heteroatoms. The lowest BCUT2D eigenvalue weighted by Crippen LogP contribution is -2.46. The second kappa shape index (κ2) is 3.65. The minimum Gasteiger partial charge on any atom is -0.508 e. The number of phenolic OH excluding ortho intramolecular Hbond substituents is 1. The molecule has 0 amide bonds. The van der Waals surface area contributed by atoms with E-state index in [9.17, 15) is 15.0 Å². The van der Waals surface area contributed by atoms with Gasteiger partial charge in [-0.25, -0.2) is 0 Å². The molecule has 1 fully saturated rings. The summed E-state index contributed by atoms with van der Waals surface area (Å²) in [7, 11) is 0. The van der Waals surface area contributed by atoms with E-state index in [0.717, 1.165) is 30.6 Å². The average molecular weight is 233 g/mol. The van der Waals surface area contributed by atoms with Gasteiger partial charge in [0.05, 0.1) is 5.92 Å². The highest BCUT2D eigenvalue weighted by molar-refractivity contribution is 5.75. The van der Waals surface area contributed by atoms with Crippen LogP contribution in [-0.4, -0.2) is 28.8 Å². The molecule has 1 saturated heterocycles. The van der Waals surface area contributed by atoms with Crippen molar-refractivity contribution in [1.29, 1.82) is 0 Å². The molecule has 2 heterocycles. The number of aromatic hydroxyl groups is 1. The van der Waals surface area contributed by atoms with E-state index < -0.39 is 5.97 Å². The monoisotopic (exact) mass is 233 g/mol. The lowest BCUT2D eigenvalue weighted by atomic mass is 9.88. The van der Waals surface area contributed by atoms with E-state index in [2.05, 4.69) is 4.90 Å². The van der Waals surface area contributed by atoms with Crippen LogP contribution in [0, 0.1) is 5.92 Å². The summed E-state index contributed by atoms with van der Waals surface area (Å²) in [5.74, 6) is -0.733. The van der Waals surface area contributed by atoms with Crippen molar-refractivity contribution in [2.24, 2.45) is 5.92 Å². The smallest absolute Gasteiger partial charge is 0.308 e. The number of aliphatic carboxylic acids is 1. The lowest BCUT2D eigenvalue weighted by Gasteiger charge is -2.36. The maximum atomic E-state index is 11.2. The van der Waals surface area contributed by atoms with Crippen LogP contribution in [0.1, 0.15) is 18.4 Å². The van der Waals surface area contributed by atoms with Crippen LogP contribution >= 0.6 is 0 Å². The summed E-state index contributed by atoms with van der Waals surface area (Å²) < 4.78 is 0. The number of benzene rings is 1. The van der Waals surface area contributed by atoms with Crippen LogP contribution in [0.5, 0.6) is 5.75 Å². The highest BCUT2D eigenvalue weighted by atomic mass is 16.4. The molecule has 17 heavy (non-hydrogen) atoms. The second-order valence-corrected chi connectivity index (χ2v) is 4.83. The molecule has 2 N–H and O–H groups in total. The standard InChI is InChI=1S/C13H15NO3/c15-12-5-1-4-10-9(12)7-11-8(13(16)17)3-2-6-14(10)11/h1,4-5,8,11,15H,2-3,6-7H2,(H,16,17). The molecule has 0 aliphatic carbocycles. The van der Waals surface area contributed by atoms with Crippen molar-refractivity contribution in [3.8, 4) is 5.75 Å². The number of rotatable bonds is 1. The van der Waals surface area contributed by atoms with Gasteiger partial charge in [-0.15, -0.1) is 0 Å². The molecule has 2 atom stereocenters. The van der Waals surface area contributed by atoms with Gasteiger partial charge in [-0.3, -0.25) is 4.79 Å². The number of hydrogen-bond donors (Lipinski definition) is 2. The fourth-order valence-electron chi connectivity index (χ4n) is 3.15. The molecular formula is C13H15NO3. The molecule has 0 aromatic heterocycles. The molecule has 0 radical (unpaired) electrons. The van der Waals surface area contributed by atoms with Crippen LogP contribution in [0.4, 0.5) is 5.69 Å². The zero-order valence-electron chi connectivity index (χ0n) is 9.47. The first-order valence-electron chi connectivity index (χ1n) is 5.99. The Morgan fingerprint density at radius 1 is 1.41 bits per heavy atom. The molecule has 1 aromatic carbocycles. The Hall–Kier alpha value is -1.71. The van der Waals surface area contributed by atoms with Crippen molar-refractivity contribution in [2.75, 3.05) is 11.4 Å². The van der Waals surface area contributed by atoms with Crippen molar-refractivity contribution in [3.05, 3.63) is 23.8 Å². The summed E-state index contributed by atoms with van der Waals surface area (Å²) in [4.78, 5) is 13.4. The molecule has 4 nitrogen and oxygen atoms in total. The number of carbonyl (C=O) groups is 1. The van der Waals surface area contributed by atoms with Gasteiger partial charge in [-0.2, -0.15) is 0 Å². The quantitative estimate of drug-likeness (QED) is 0.773. The topological polar surface area (TPSA) is 60.8 Å². The third kappa shape index (κ3) is 1.47. The highest BCUT2D eigenvalue weighted by Gasteiger charge is 2.41. The highest BCUT2D eigenvalue weighted by Crippen LogP contribution is 2.42. The Labute approximate surface area is 99.5 Å². The van der Waals surface area contributed by atoms with E-state index in [1.54, 1.807) is 6.07 Å². The first kappa shape index (κ1) is 10.4. The van der Waals surface area contributed by atoms with E-state index in [1.165, 1.54) is 0 Å². The Morgan fingerprint density at radius 2 is 2.24 bits per heavy atom. The normalized spacial score (nSPS) is 26.5. The van der Waals surface area contributed by atoms with Crippen molar-refractivity contribution in [3.63, 3.8) is 0 Å². The summed E-state index contributed by atoms with van der Waals surface area (Å²) in [5.41, 5.74) is 1.92. The first-order valence-corrected chi connectivity index (χ1v) is 5.99. The molecular weight excluding hydrogens is 218 g/mol. The van der Waals surface area contributed by atoms with Gasteiger partial charge in [-0.1, -0.05) is 6.07 Å². The van der Waals surface area contributed by atoms with E-state index in [1.807, 2.05) is 12.1 Å². The Balaban J connectivity index is 2.00. The van der Waals surface area contributed by atoms with Crippen molar-refractivity contribution < 1.29 is 15.0 Å². The molecule has 0 bridgehead atoms. The summed E-state index contributed by atoms with van der Waals surface area (Å²) in [6, 6.07) is 5.48. The van der Waals surface area contributed by atoms with Gasteiger partial charge in [0.1, 0.15) is 5.75 Å². The number of nitrogens with zero attached hydrogens (tertiary/aromatic N) is 1. The summed E-state index contributed by atoms with van der Waals surface area (Å²) in [5, 5.41) is 19.1. The molecule has 2 aliphatic rings. The maximum Gasteiger partial charge on any atom is 0.308 e. The first-order chi connectivity index (χ1) is 8.18. The maximum absolute atomic E-state index is 11.2. The predicted octanol–water partition coefficient (Wildman–Crippen LogP) is 1.62. The number of hydrogen-bond acceptors (Lipinski definition) is 3. The molecule has 2 unspecified atom stereocenters. The Morgan fingerprint density at radius 3 is 3.00 bits per heavy atom. The minimum absolute atomic E-state index is 0.0181. The summed E-state index contributed by atoms with van der Waals surface area (Å²) >= 11 is 0. The number of phenols is 1. The number of carboxylic acids is 1. The van der Waals surface area contributed by atoms with E-state index in [4.69, 9.17) is 0 Å². The van der Waals surface area contributed by atoms with Gasteiger partial charge < -0.3 is 15.1 Å². The summed E-state index contributed by atoms with van der Waals surface area (Å²) in [6.07, 6.45) is 2.30. The van der Waals surface area contributed by atoms with Crippen molar-refractivity contribution >= 4 is 11.7 Å². The zero-order chi connectivity index (χ0) is 12.0. The third-order valence-electron chi connectivity index (χ3n) is 3.95. The average Bonchev–Trinajstić information content (AvgIpc) is 2.69. The van der Waals surface area contributed by atoms with Gasteiger partial charge in [0.2, 0.25) is 0 Å². The van der Waals surface area contributed by atoms with Crippen LogP contribution in [0.2, 0.25) is 0 Å². The Bertz CT molecular complexity index is 472. The summed E-state index contributed by atoms with van der Waals surface area (Å²) in [6.45, 7) is 0.894. The van der Waals surface area contributed by atoms with Crippen LogP contribution in [0.25, 0.3) is 0 Å². The molecule has 0 saturated carbocycles. The van der Waals surface area contributed by atoms with Gasteiger partial charge in [0.15, 0.2) is 0 Å². The molecule has 2 aliphatic heterocycles. The zero-order valence-corrected chi connectivity index (χ0v) is 9.47. The molecule has 90 valence electrons. The third-order valence-corrected chi connectivity index (χ3v) is 3.95.